The van der Waals surface area contributed by atoms with E-state index in [0.29, 0.717) is 17.1 Å². The molecule has 0 fully saturated rings. The zero-order valence-corrected chi connectivity index (χ0v) is 47.4. The Morgan fingerprint density at radius 3 is 1.79 bits per heavy atom. The molecule has 0 amide bonds. The molecule has 0 radical (unpaired) electrons. The molecule has 0 aliphatic heterocycles. The van der Waals surface area contributed by atoms with E-state index in [1.807, 2.05) is 53.1 Å². The Kier molecular flexibility index (Phi) is 6.95. The van der Waals surface area contributed by atoms with Gasteiger partial charge in [-0.05, 0) is 179 Å². The first-order valence-corrected chi connectivity index (χ1v) is 27.6. The summed E-state index contributed by atoms with van der Waals surface area (Å²) < 4.78 is 319. The minimum absolute atomic E-state index is 0.0303. The van der Waals surface area contributed by atoms with Crippen molar-refractivity contribution in [1.29, 1.82) is 0 Å². The molecule has 5 nitrogen and oxygen atoms in total. The van der Waals surface area contributed by atoms with Gasteiger partial charge in [-0.1, -0.05) is 226 Å². The Labute approximate surface area is 552 Å². The van der Waals surface area contributed by atoms with Crippen LogP contribution in [0.4, 0.5) is 0 Å². The monoisotopic (exact) mass is 1150 g/mol. The predicted octanol–water partition coefficient (Wildman–Crippen LogP) is 20.9. The number of nitrogens with zero attached hydrogens (tertiary/aromatic N) is 4. The van der Waals surface area contributed by atoms with Crippen LogP contribution in [0, 0.1) is 6.33 Å². The van der Waals surface area contributed by atoms with E-state index in [0.717, 1.165) is 21.9 Å². The summed E-state index contributed by atoms with van der Waals surface area (Å²) in [6.07, 6.45) is 3.24. The number of hydrogen-bond acceptors (Lipinski definition) is 2. The molecule has 86 heavy (non-hydrogen) atoms. The molecular formula is C81H72N4O. The normalized spacial score (nSPS) is 19.9. The molecule has 0 spiro atoms. The van der Waals surface area contributed by atoms with Gasteiger partial charge in [0.1, 0.15) is 17.3 Å². The van der Waals surface area contributed by atoms with Crippen LogP contribution in [0.1, 0.15) is 143 Å². The Morgan fingerprint density at radius 1 is 0.500 bits per heavy atom. The summed E-state index contributed by atoms with van der Waals surface area (Å²) in [5.41, 5.74) is -16.4. The molecule has 1 aliphatic carbocycles. The average Bonchev–Trinajstić information content (AvgIpc) is 1.49. The Morgan fingerprint density at radius 2 is 1.12 bits per heavy atom. The SMILES string of the molecule is [2H]c1c([2H])c([2H])c(-c2ccc3c(c2)n(-c2cccc(Oc4ccc5c6ccccc6n(-c6cc(C(C)(C)C)ccn6)c5c4)c2)[c-][n+]3-c2c(-c3c([2H])c(-c4c([2H])c([2H])c([2H])c([2H])c4[2H])c([2H])c(-c4c([2H])c([2H])c([2H])c([2H])c4[2H])c3[2H])cc(C(C)(C)C)cc2-c2c([2H])c([2H])c3c(c2[2H])C(C([2H])([2H])[2H])(C([2H])([2H])[2H])CC3(C([2H])([2H])[2H])C([2H])([2H])[2H])c([2H])c1[2H]. The number of aromatic nitrogens is 4. The molecule has 0 atom stereocenters. The van der Waals surface area contributed by atoms with Gasteiger partial charge in [0.25, 0.3) is 6.33 Å². The lowest BCUT2D eigenvalue weighted by Gasteiger charge is -2.26. The molecule has 0 N–H and O–H groups in total. The Balaban J connectivity index is 1.18. The lowest BCUT2D eigenvalue weighted by molar-refractivity contribution is -0.571. The highest BCUT2D eigenvalue weighted by molar-refractivity contribution is 6.09. The highest BCUT2D eigenvalue weighted by atomic mass is 16.5. The lowest BCUT2D eigenvalue weighted by atomic mass is 9.80. The second kappa shape index (κ2) is 20.6. The molecule has 0 bridgehead atoms. The van der Waals surface area contributed by atoms with Gasteiger partial charge in [-0.15, -0.1) is 0 Å². The Hall–Kier alpha value is -9.58. The summed E-state index contributed by atoms with van der Waals surface area (Å²) in [7, 11) is 0. The predicted molar refractivity (Wildman–Crippen MR) is 358 cm³/mol. The molecule has 3 heterocycles. The van der Waals surface area contributed by atoms with Gasteiger partial charge < -0.3 is 4.74 Å². The van der Waals surface area contributed by atoms with E-state index in [1.165, 1.54) is 39.5 Å². The molecule has 3 aromatic heterocycles. The van der Waals surface area contributed by atoms with Crippen molar-refractivity contribution in [3.63, 3.8) is 0 Å². The highest BCUT2D eigenvalue weighted by Gasteiger charge is 2.42. The zero-order valence-electron chi connectivity index (χ0n) is 80.4. The van der Waals surface area contributed by atoms with Crippen LogP contribution in [0.2, 0.25) is 0 Å². The molecule has 14 rings (SSSR count). The molecule has 0 saturated carbocycles. The van der Waals surface area contributed by atoms with E-state index in [2.05, 4.69) is 27.1 Å². The van der Waals surface area contributed by atoms with Gasteiger partial charge in [-0.25, -0.2) is 4.98 Å². The largest absolute Gasteiger partial charge is 0.458 e. The van der Waals surface area contributed by atoms with Crippen LogP contribution in [-0.2, 0) is 21.7 Å². The van der Waals surface area contributed by atoms with Crippen molar-refractivity contribution in [2.24, 2.45) is 0 Å². The second-order valence-electron chi connectivity index (χ2n) is 23.4. The second-order valence-corrected chi connectivity index (χ2v) is 23.4. The summed E-state index contributed by atoms with van der Waals surface area (Å²) in [6, 6.07) is 9.47. The van der Waals surface area contributed by atoms with E-state index in [1.54, 1.807) is 57.3 Å². The van der Waals surface area contributed by atoms with Crippen molar-refractivity contribution in [3.05, 3.63) is 271 Å². The van der Waals surface area contributed by atoms with E-state index in [-0.39, 0.29) is 44.6 Å². The van der Waals surface area contributed by atoms with Gasteiger partial charge in [0.05, 0.1) is 62.2 Å². The number of ether oxygens (including phenoxy) is 1. The molecular weight excluding hydrogens is 1040 g/mol. The van der Waals surface area contributed by atoms with Gasteiger partial charge >= 0.3 is 0 Å². The van der Waals surface area contributed by atoms with Crippen LogP contribution in [0.25, 0.3) is 106 Å². The van der Waals surface area contributed by atoms with Crippen molar-refractivity contribution in [1.82, 2.24) is 14.1 Å². The number of benzene rings is 10. The third-order valence-corrected chi connectivity index (χ3v) is 15.4. The zero-order chi connectivity index (χ0) is 87.6. The first kappa shape index (κ1) is 29.0. The smallest absolute Gasteiger partial charge is 0.269 e. The Bertz CT molecular complexity index is 6340. The topological polar surface area (TPSA) is 35.9 Å². The summed E-state index contributed by atoms with van der Waals surface area (Å²) in [4.78, 5) is 4.83. The van der Waals surface area contributed by atoms with Crippen LogP contribution < -0.4 is 9.30 Å². The van der Waals surface area contributed by atoms with Gasteiger partial charge in [-0.3, -0.25) is 13.7 Å². The lowest BCUT2D eigenvalue weighted by Crippen LogP contribution is -2.32. The maximum Gasteiger partial charge on any atom is 0.269 e. The summed E-state index contributed by atoms with van der Waals surface area (Å²) in [5, 5.41) is 1.74. The summed E-state index contributed by atoms with van der Waals surface area (Å²) in [5.74, 6) is 1.06. The number of pyridine rings is 1. The molecule has 422 valence electrons. The van der Waals surface area contributed by atoms with E-state index in [4.69, 9.17) is 30.3 Å². The van der Waals surface area contributed by atoms with Crippen molar-refractivity contribution >= 4 is 32.8 Å². The van der Waals surface area contributed by atoms with Crippen molar-refractivity contribution < 1.29 is 54.5 Å². The van der Waals surface area contributed by atoms with E-state index in [9.17, 15) is 24.7 Å². The first-order valence-electron chi connectivity index (χ1n) is 44.1. The standard InChI is InChI=1S/C81H72N4O/c1-78(2,3)61-39-40-82-76(48-61)85-72-32-21-20-31-66(72)67-36-35-65(50-74(67)85)86-64-30-22-29-63(49-64)83-52-84(73-38-34-56(45-75(73)83)53-23-14-11-15-24-53)77-68(57-33-37-70-71(44-57)81(9,10)51-80(70,7)8)46-62(79(4,5)6)47-69(77)60-42-58(54-25-16-12-17-26-54)41-59(43-60)55-27-18-13-19-28-55/h11-50H,51H2,1-10H3/i7D3,8D3,9D3,10D3,11D,12D,13D,14D,15D,16D,17D,18D,19D,23D,24D,25D,26D,27D,28D,33D,37D,41D,42D,43D,44D. The van der Waals surface area contributed by atoms with Gasteiger partial charge in [0.2, 0.25) is 0 Å². The minimum Gasteiger partial charge on any atom is -0.458 e. The number of hydrogen-bond donors (Lipinski definition) is 0. The van der Waals surface area contributed by atoms with Crippen LogP contribution >= 0.6 is 0 Å². The first-order chi connectivity index (χ1) is 55.1. The van der Waals surface area contributed by atoms with Gasteiger partial charge in [0.15, 0.2) is 0 Å². The fourth-order valence-electron chi connectivity index (χ4n) is 11.2. The highest BCUT2D eigenvalue weighted by Crippen LogP contribution is 2.51. The van der Waals surface area contributed by atoms with Gasteiger partial charge in [0, 0.05) is 39.5 Å². The van der Waals surface area contributed by atoms with Crippen LogP contribution in [0.5, 0.6) is 11.5 Å². The van der Waals surface area contributed by atoms with Gasteiger partial charge in [-0.2, -0.15) is 0 Å². The fourth-order valence-corrected chi connectivity index (χ4v) is 11.2. The minimum atomic E-state index is -4.01. The van der Waals surface area contributed by atoms with Crippen molar-refractivity contribution in [2.75, 3.05) is 0 Å². The van der Waals surface area contributed by atoms with Crippen LogP contribution in [-0.4, -0.2) is 14.1 Å². The molecule has 1 aliphatic rings. The van der Waals surface area contributed by atoms with E-state index < -0.39 is 238 Å². The number of rotatable bonds is 10. The van der Waals surface area contributed by atoms with Crippen molar-refractivity contribution in [2.45, 2.75) is 97.0 Å². The third-order valence-electron chi connectivity index (χ3n) is 15.4. The molecule has 13 aromatic rings. The fraction of sp³-hybridized carbons (Fsp3) is 0.185. The van der Waals surface area contributed by atoms with Crippen molar-refractivity contribution in [3.8, 4) is 84.3 Å². The molecule has 0 unspecified atom stereocenters. The quantitative estimate of drug-likeness (QED) is 0.101. The summed E-state index contributed by atoms with van der Waals surface area (Å²) in [6.45, 7) is -4.79. The molecule has 0 saturated heterocycles. The average molecular weight is 1150 g/mol. The van der Waals surface area contributed by atoms with Crippen LogP contribution in [0.3, 0.4) is 0 Å². The number of imidazole rings is 1. The maximum atomic E-state index is 10.7. The van der Waals surface area contributed by atoms with E-state index >= 15 is 0 Å². The number of para-hydroxylation sites is 1. The molecule has 5 heteroatoms. The third kappa shape index (κ3) is 9.79. The maximum absolute atomic E-state index is 10.7. The molecule has 10 aromatic carbocycles. The van der Waals surface area contributed by atoms with Crippen LogP contribution in [0.15, 0.2) is 242 Å². The summed E-state index contributed by atoms with van der Waals surface area (Å²) >= 11 is 0. The number of fused-ring (bicyclic) bond motifs is 5.